The largest absolute Gasteiger partial charge is 0.411 e. The number of aryl methyl sites for hydroxylation is 2. The molecule has 0 bridgehead atoms. The molecule has 0 fully saturated rings. The van der Waals surface area contributed by atoms with Gasteiger partial charge in [0.2, 0.25) is 11.8 Å². The molecule has 0 aliphatic rings. The minimum atomic E-state index is -0.356. The summed E-state index contributed by atoms with van der Waals surface area (Å²) in [5.74, 6) is 0.359. The van der Waals surface area contributed by atoms with E-state index in [-0.39, 0.29) is 11.2 Å². The van der Waals surface area contributed by atoms with Gasteiger partial charge in [0.1, 0.15) is 0 Å². The quantitative estimate of drug-likeness (QED) is 0.685. The summed E-state index contributed by atoms with van der Waals surface area (Å²) < 4.78 is 5.70. The Morgan fingerprint density at radius 3 is 2.68 bits per heavy atom. The van der Waals surface area contributed by atoms with Crippen LogP contribution in [0, 0.1) is 13.8 Å². The molecule has 1 aromatic heterocycles. The van der Waals surface area contributed by atoms with Crippen molar-refractivity contribution in [2.75, 3.05) is 5.32 Å². The molecule has 0 radical (unpaired) electrons. The lowest BCUT2D eigenvalue weighted by molar-refractivity contribution is -0.115. The van der Waals surface area contributed by atoms with Gasteiger partial charge >= 0.3 is 0 Å². The molecule has 6 heteroatoms. The summed E-state index contributed by atoms with van der Waals surface area (Å²) in [4.78, 5) is 12.3. The van der Waals surface area contributed by atoms with E-state index in [4.69, 9.17) is 4.42 Å². The molecule has 25 heavy (non-hydrogen) atoms. The Labute approximate surface area is 150 Å². The summed E-state index contributed by atoms with van der Waals surface area (Å²) in [6.45, 7) is 5.79. The maximum Gasteiger partial charge on any atom is 0.277 e. The summed E-state index contributed by atoms with van der Waals surface area (Å²) in [6.07, 6.45) is 0. The molecule has 2 aromatic carbocycles. The number of hydrogen-bond donors (Lipinski definition) is 1. The number of benzene rings is 2. The Kier molecular flexibility index (Phi) is 5.19. The first kappa shape index (κ1) is 17.2. The topological polar surface area (TPSA) is 68.0 Å². The summed E-state index contributed by atoms with van der Waals surface area (Å²) >= 11 is 1.24. The van der Waals surface area contributed by atoms with E-state index >= 15 is 0 Å². The molecule has 0 aliphatic heterocycles. The van der Waals surface area contributed by atoms with Crippen molar-refractivity contribution in [1.29, 1.82) is 0 Å². The zero-order valence-electron chi connectivity index (χ0n) is 14.3. The second-order valence-corrected chi connectivity index (χ2v) is 7.10. The lowest BCUT2D eigenvalue weighted by Crippen LogP contribution is -2.22. The number of carbonyl (C=O) groups is 1. The first-order valence-electron chi connectivity index (χ1n) is 7.96. The van der Waals surface area contributed by atoms with E-state index < -0.39 is 0 Å². The molecule has 1 atom stereocenters. The highest BCUT2D eigenvalue weighted by Gasteiger charge is 2.19. The van der Waals surface area contributed by atoms with Crippen LogP contribution < -0.4 is 5.32 Å². The lowest BCUT2D eigenvalue weighted by atomic mass is 10.1. The minimum absolute atomic E-state index is 0.105. The maximum atomic E-state index is 12.3. The average molecular weight is 353 g/mol. The van der Waals surface area contributed by atoms with Crippen LogP contribution in [-0.2, 0) is 4.79 Å². The van der Waals surface area contributed by atoms with Crippen LogP contribution in [0.15, 0.2) is 58.2 Å². The van der Waals surface area contributed by atoms with Gasteiger partial charge in [-0.3, -0.25) is 4.79 Å². The van der Waals surface area contributed by atoms with E-state index in [0.717, 1.165) is 22.4 Å². The first-order valence-corrected chi connectivity index (χ1v) is 8.84. The monoisotopic (exact) mass is 353 g/mol. The number of nitrogens with zero attached hydrogens (tertiary/aromatic N) is 2. The van der Waals surface area contributed by atoms with Crippen LogP contribution in [-0.4, -0.2) is 21.4 Å². The fourth-order valence-electron chi connectivity index (χ4n) is 2.35. The maximum absolute atomic E-state index is 12.3. The number of thioether (sulfide) groups is 1. The zero-order valence-corrected chi connectivity index (χ0v) is 15.1. The normalized spacial score (nSPS) is 12.0. The summed E-state index contributed by atoms with van der Waals surface area (Å²) in [5.41, 5.74) is 3.84. The van der Waals surface area contributed by atoms with Crippen molar-refractivity contribution in [3.8, 4) is 11.5 Å². The molecule has 0 aliphatic carbocycles. The van der Waals surface area contributed by atoms with Gasteiger partial charge in [-0.25, -0.2) is 0 Å². The number of amides is 1. The molecule has 1 amide bonds. The van der Waals surface area contributed by atoms with Gasteiger partial charge in [0.15, 0.2) is 0 Å². The van der Waals surface area contributed by atoms with Gasteiger partial charge in [-0.1, -0.05) is 42.1 Å². The molecule has 5 nitrogen and oxygen atoms in total. The molecule has 0 saturated carbocycles. The molecular formula is C19H19N3O2S. The van der Waals surface area contributed by atoms with Crippen LogP contribution in [0.2, 0.25) is 0 Å². The summed E-state index contributed by atoms with van der Waals surface area (Å²) in [5, 5.41) is 11.1. The highest BCUT2D eigenvalue weighted by atomic mass is 32.2. The fourth-order valence-corrected chi connectivity index (χ4v) is 3.03. The van der Waals surface area contributed by atoms with Crippen LogP contribution in [0.25, 0.3) is 11.5 Å². The second kappa shape index (κ2) is 7.53. The van der Waals surface area contributed by atoms with E-state index in [1.165, 1.54) is 11.8 Å². The fraction of sp³-hybridized carbons (Fsp3) is 0.211. The van der Waals surface area contributed by atoms with E-state index in [1.54, 1.807) is 0 Å². The third-order valence-corrected chi connectivity index (χ3v) is 4.65. The van der Waals surface area contributed by atoms with E-state index in [1.807, 2.05) is 69.3 Å². The molecule has 1 heterocycles. The standard InChI is InChI=1S/C19H19N3O2S/c1-12-7-6-9-15(11-12)20-17(23)14(3)25-19-22-21-18(24-19)16-10-5-4-8-13(16)2/h4-11,14H,1-3H3,(H,20,23)/t14-/m1/s1. The molecule has 0 spiro atoms. The number of rotatable bonds is 5. The van der Waals surface area contributed by atoms with Crippen LogP contribution in [0.5, 0.6) is 0 Å². The van der Waals surface area contributed by atoms with Crippen LogP contribution in [0.4, 0.5) is 5.69 Å². The molecular weight excluding hydrogens is 334 g/mol. The van der Waals surface area contributed by atoms with Gasteiger partial charge in [0, 0.05) is 11.3 Å². The van der Waals surface area contributed by atoms with Gasteiger partial charge in [-0.15, -0.1) is 10.2 Å². The number of aromatic nitrogens is 2. The van der Waals surface area contributed by atoms with Gasteiger partial charge in [-0.2, -0.15) is 0 Å². The van der Waals surface area contributed by atoms with E-state index in [9.17, 15) is 4.79 Å². The van der Waals surface area contributed by atoms with Gasteiger partial charge in [-0.05, 0) is 50.1 Å². The number of anilines is 1. The van der Waals surface area contributed by atoms with Crippen molar-refractivity contribution in [3.63, 3.8) is 0 Å². The summed E-state index contributed by atoms with van der Waals surface area (Å²) in [7, 11) is 0. The highest BCUT2D eigenvalue weighted by Crippen LogP contribution is 2.28. The summed E-state index contributed by atoms with van der Waals surface area (Å²) in [6, 6.07) is 15.5. The van der Waals surface area contributed by atoms with Crippen LogP contribution >= 0.6 is 11.8 Å². The van der Waals surface area contributed by atoms with Crippen molar-refractivity contribution >= 4 is 23.4 Å². The van der Waals surface area contributed by atoms with Crippen molar-refractivity contribution in [2.45, 2.75) is 31.2 Å². The molecule has 1 N–H and O–H groups in total. The van der Waals surface area contributed by atoms with E-state index in [0.29, 0.717) is 11.1 Å². The highest BCUT2D eigenvalue weighted by molar-refractivity contribution is 8.00. The molecule has 3 aromatic rings. The van der Waals surface area contributed by atoms with Gasteiger partial charge in [0.25, 0.3) is 5.22 Å². The minimum Gasteiger partial charge on any atom is -0.411 e. The lowest BCUT2D eigenvalue weighted by Gasteiger charge is -2.10. The van der Waals surface area contributed by atoms with E-state index in [2.05, 4.69) is 15.5 Å². The predicted molar refractivity (Wildman–Crippen MR) is 99.6 cm³/mol. The van der Waals surface area contributed by atoms with Crippen LogP contribution in [0.1, 0.15) is 18.1 Å². The predicted octanol–water partition coefficient (Wildman–Crippen LogP) is 4.47. The Hall–Kier alpha value is -2.60. The second-order valence-electron chi connectivity index (χ2n) is 5.81. The van der Waals surface area contributed by atoms with Gasteiger partial charge in [0.05, 0.1) is 5.25 Å². The third kappa shape index (κ3) is 4.28. The Morgan fingerprint density at radius 2 is 1.92 bits per heavy atom. The molecule has 0 saturated heterocycles. The Bertz CT molecular complexity index is 892. The molecule has 0 unspecified atom stereocenters. The molecule has 3 rings (SSSR count). The Morgan fingerprint density at radius 1 is 1.12 bits per heavy atom. The Balaban J connectivity index is 1.66. The van der Waals surface area contributed by atoms with Crippen molar-refractivity contribution in [2.24, 2.45) is 0 Å². The van der Waals surface area contributed by atoms with Gasteiger partial charge < -0.3 is 9.73 Å². The number of nitrogens with one attached hydrogen (secondary N) is 1. The van der Waals surface area contributed by atoms with Crippen LogP contribution in [0.3, 0.4) is 0 Å². The van der Waals surface area contributed by atoms with Crippen molar-refractivity contribution < 1.29 is 9.21 Å². The number of carbonyl (C=O) groups excluding carboxylic acids is 1. The SMILES string of the molecule is Cc1cccc(NC(=O)[C@@H](C)Sc2nnc(-c3ccccc3C)o2)c1. The van der Waals surface area contributed by atoms with Crippen molar-refractivity contribution in [1.82, 2.24) is 10.2 Å². The first-order chi connectivity index (χ1) is 12.0. The molecule has 128 valence electrons. The third-order valence-electron chi connectivity index (χ3n) is 3.71. The van der Waals surface area contributed by atoms with Crippen molar-refractivity contribution in [3.05, 3.63) is 59.7 Å². The smallest absolute Gasteiger partial charge is 0.277 e. The average Bonchev–Trinajstić information content (AvgIpc) is 3.03. The number of hydrogen-bond acceptors (Lipinski definition) is 5. The zero-order chi connectivity index (χ0) is 17.8.